The number of cyclic esters (lactones) is 2. The molecule has 0 aliphatic carbocycles. The second-order valence-corrected chi connectivity index (χ2v) is 4.21. The molecule has 17 heavy (non-hydrogen) atoms. The van der Waals surface area contributed by atoms with Crippen LogP contribution in [0.4, 0.5) is 0 Å². The Morgan fingerprint density at radius 3 is 2.18 bits per heavy atom. The van der Waals surface area contributed by atoms with Crippen LogP contribution in [0.3, 0.4) is 0 Å². The Labute approximate surface area is 99.0 Å². The molecular weight excluding hydrogens is 226 g/mol. The van der Waals surface area contributed by atoms with Crippen LogP contribution in [-0.4, -0.2) is 29.3 Å². The van der Waals surface area contributed by atoms with Crippen LogP contribution in [0.25, 0.3) is 0 Å². The molecule has 0 N–H and O–H groups in total. The maximum absolute atomic E-state index is 11.6. The van der Waals surface area contributed by atoms with Crippen LogP contribution >= 0.6 is 0 Å². The van der Waals surface area contributed by atoms with E-state index in [1.54, 1.807) is 6.92 Å². The molecule has 0 aromatic rings. The fraction of sp³-hybridized carbons (Fsp3) is 0.636. The summed E-state index contributed by atoms with van der Waals surface area (Å²) < 4.78 is 9.64. The summed E-state index contributed by atoms with van der Waals surface area (Å²) in [6, 6.07) is 0. The summed E-state index contributed by atoms with van der Waals surface area (Å²) in [5.74, 6) is -5.58. The Morgan fingerprint density at radius 1 is 1.29 bits per heavy atom. The van der Waals surface area contributed by atoms with Crippen molar-refractivity contribution in [2.45, 2.75) is 39.9 Å². The van der Waals surface area contributed by atoms with Crippen LogP contribution in [0.1, 0.15) is 34.1 Å². The number of nitrogens with zero attached hydrogens (tertiary/aromatic N) is 1. The predicted molar refractivity (Wildman–Crippen MR) is 58.2 cm³/mol. The highest BCUT2D eigenvalue weighted by atomic mass is 16.7. The fourth-order valence-electron chi connectivity index (χ4n) is 1.25. The smallest absolute Gasteiger partial charge is 0.333 e. The number of carbonyl (C=O) groups is 3. The number of amides is 1. The zero-order valence-corrected chi connectivity index (χ0v) is 10.3. The summed E-state index contributed by atoms with van der Waals surface area (Å²) in [5.41, 5.74) is 0.542. The molecular formula is C11H15NO5. The first kappa shape index (κ1) is 13.3. The van der Waals surface area contributed by atoms with E-state index in [1.165, 1.54) is 13.8 Å². The first-order valence-corrected chi connectivity index (χ1v) is 5.30. The van der Waals surface area contributed by atoms with Crippen molar-refractivity contribution in [1.29, 1.82) is 0 Å². The van der Waals surface area contributed by atoms with Crippen molar-refractivity contribution in [1.82, 2.24) is 0 Å². The minimum atomic E-state index is -1.59. The van der Waals surface area contributed by atoms with E-state index in [2.05, 4.69) is 4.99 Å². The van der Waals surface area contributed by atoms with Crippen LogP contribution in [-0.2, 0) is 23.9 Å². The van der Waals surface area contributed by atoms with Crippen molar-refractivity contribution < 1.29 is 23.9 Å². The van der Waals surface area contributed by atoms with Gasteiger partial charge in [-0.2, -0.15) is 0 Å². The highest BCUT2D eigenvalue weighted by Gasteiger charge is 2.47. The number of ether oxygens (including phenoxy) is 2. The van der Waals surface area contributed by atoms with Gasteiger partial charge in [-0.25, -0.2) is 4.99 Å². The number of aliphatic imine (C=N–C) groups is 1. The average Bonchev–Trinajstić information content (AvgIpc) is 2.13. The van der Waals surface area contributed by atoms with E-state index in [0.29, 0.717) is 12.1 Å². The third-order valence-corrected chi connectivity index (χ3v) is 2.22. The Kier molecular flexibility index (Phi) is 3.65. The molecule has 0 radical (unpaired) electrons. The Balaban J connectivity index is 2.89. The van der Waals surface area contributed by atoms with E-state index in [4.69, 9.17) is 9.47 Å². The van der Waals surface area contributed by atoms with E-state index in [9.17, 15) is 14.4 Å². The van der Waals surface area contributed by atoms with Crippen LogP contribution in [0.2, 0.25) is 0 Å². The van der Waals surface area contributed by atoms with Gasteiger partial charge in [-0.1, -0.05) is 6.92 Å². The number of esters is 2. The SMILES string of the molecule is CCC(C)=NC(=O)C1C(=O)OC(C)(C)OC1=O. The molecule has 0 spiro atoms. The van der Waals surface area contributed by atoms with Gasteiger partial charge in [0.05, 0.1) is 0 Å². The molecule has 1 fully saturated rings. The topological polar surface area (TPSA) is 82.0 Å². The van der Waals surface area contributed by atoms with Gasteiger partial charge in [-0.05, 0) is 13.3 Å². The molecule has 0 aromatic carbocycles. The molecule has 0 aromatic heterocycles. The third kappa shape index (κ3) is 3.12. The molecule has 0 bridgehead atoms. The van der Waals surface area contributed by atoms with Crippen LogP contribution < -0.4 is 0 Å². The van der Waals surface area contributed by atoms with Crippen molar-refractivity contribution in [3.8, 4) is 0 Å². The molecule has 1 saturated heterocycles. The summed E-state index contributed by atoms with van der Waals surface area (Å²) in [6.07, 6.45) is 0.564. The van der Waals surface area contributed by atoms with Gasteiger partial charge in [0.15, 0.2) is 0 Å². The Hall–Kier alpha value is -1.72. The molecule has 1 heterocycles. The first-order chi connectivity index (χ1) is 7.76. The number of hydrogen-bond donors (Lipinski definition) is 0. The van der Waals surface area contributed by atoms with E-state index in [-0.39, 0.29) is 0 Å². The molecule has 6 nitrogen and oxygen atoms in total. The summed E-state index contributed by atoms with van der Waals surface area (Å²) in [5, 5.41) is 0. The lowest BCUT2D eigenvalue weighted by atomic mass is 10.1. The van der Waals surface area contributed by atoms with Gasteiger partial charge in [-0.3, -0.25) is 14.4 Å². The standard InChI is InChI=1S/C11H15NO5/c1-5-6(2)12-8(13)7-9(14)16-11(3,4)17-10(7)15/h7H,5H2,1-4H3. The lowest BCUT2D eigenvalue weighted by molar-refractivity contribution is -0.238. The maximum Gasteiger partial charge on any atom is 0.333 e. The minimum absolute atomic E-state index is 0.542. The Bertz CT molecular complexity index is 377. The van der Waals surface area contributed by atoms with Crippen molar-refractivity contribution >= 4 is 23.6 Å². The monoisotopic (exact) mass is 241 g/mol. The van der Waals surface area contributed by atoms with Gasteiger partial charge in [0, 0.05) is 19.6 Å². The van der Waals surface area contributed by atoms with Gasteiger partial charge in [0.1, 0.15) is 0 Å². The van der Waals surface area contributed by atoms with Crippen molar-refractivity contribution in [3.05, 3.63) is 0 Å². The minimum Gasteiger partial charge on any atom is -0.422 e. The molecule has 94 valence electrons. The van der Waals surface area contributed by atoms with E-state index in [0.717, 1.165) is 0 Å². The van der Waals surface area contributed by atoms with Crippen LogP contribution in [0.5, 0.6) is 0 Å². The highest BCUT2D eigenvalue weighted by Crippen LogP contribution is 2.23. The van der Waals surface area contributed by atoms with Crippen molar-refractivity contribution in [2.75, 3.05) is 0 Å². The second-order valence-electron chi connectivity index (χ2n) is 4.21. The summed E-state index contributed by atoms with van der Waals surface area (Å²) >= 11 is 0. The average molecular weight is 241 g/mol. The molecule has 0 saturated carbocycles. The Morgan fingerprint density at radius 2 is 1.76 bits per heavy atom. The van der Waals surface area contributed by atoms with Gasteiger partial charge in [0.25, 0.3) is 11.7 Å². The third-order valence-electron chi connectivity index (χ3n) is 2.22. The van der Waals surface area contributed by atoms with Crippen LogP contribution in [0, 0.1) is 5.92 Å². The van der Waals surface area contributed by atoms with Gasteiger partial charge < -0.3 is 9.47 Å². The summed E-state index contributed by atoms with van der Waals surface area (Å²) in [4.78, 5) is 38.3. The normalized spacial score (nSPS) is 20.8. The predicted octanol–water partition coefficient (Wildman–Crippen LogP) is 0.836. The second kappa shape index (κ2) is 4.65. The first-order valence-electron chi connectivity index (χ1n) is 5.30. The van der Waals surface area contributed by atoms with E-state index < -0.39 is 29.6 Å². The largest absolute Gasteiger partial charge is 0.422 e. The fourth-order valence-corrected chi connectivity index (χ4v) is 1.25. The maximum atomic E-state index is 11.6. The zero-order chi connectivity index (χ0) is 13.2. The number of carbonyl (C=O) groups excluding carboxylic acids is 3. The van der Waals surface area contributed by atoms with Gasteiger partial charge >= 0.3 is 11.9 Å². The zero-order valence-electron chi connectivity index (χ0n) is 10.3. The molecule has 0 atom stereocenters. The highest BCUT2D eigenvalue weighted by molar-refractivity contribution is 6.17. The lowest BCUT2D eigenvalue weighted by Gasteiger charge is -2.31. The van der Waals surface area contributed by atoms with E-state index >= 15 is 0 Å². The van der Waals surface area contributed by atoms with Gasteiger partial charge in [0.2, 0.25) is 5.92 Å². The molecule has 0 unspecified atom stereocenters. The van der Waals surface area contributed by atoms with E-state index in [1.807, 2.05) is 6.92 Å². The molecule has 6 heteroatoms. The van der Waals surface area contributed by atoms with Crippen molar-refractivity contribution in [3.63, 3.8) is 0 Å². The van der Waals surface area contributed by atoms with Crippen LogP contribution in [0.15, 0.2) is 4.99 Å². The van der Waals surface area contributed by atoms with Gasteiger partial charge in [-0.15, -0.1) is 0 Å². The number of hydrogen-bond acceptors (Lipinski definition) is 5. The molecule has 1 amide bonds. The molecule has 1 aliphatic rings. The summed E-state index contributed by atoms with van der Waals surface area (Å²) in [6.45, 7) is 6.29. The summed E-state index contributed by atoms with van der Waals surface area (Å²) in [7, 11) is 0. The molecule has 1 aliphatic heterocycles. The van der Waals surface area contributed by atoms with Crippen molar-refractivity contribution in [2.24, 2.45) is 10.9 Å². The molecule has 1 rings (SSSR count). The number of rotatable bonds is 2. The quantitative estimate of drug-likeness (QED) is 0.406. The lowest BCUT2D eigenvalue weighted by Crippen LogP contribution is -2.48.